The number of nitrogens with one attached hydrogen (secondary N) is 1. The highest BCUT2D eigenvalue weighted by Crippen LogP contribution is 2.27. The first-order valence-electron chi connectivity index (χ1n) is 10.3. The average Bonchev–Trinajstić information content (AvgIpc) is 3.16. The number of oxime groups is 1. The van der Waals surface area contributed by atoms with Crippen molar-refractivity contribution in [2.45, 2.75) is 20.3 Å². The molecule has 10 nitrogen and oxygen atoms in total. The molecule has 1 aromatic carbocycles. The summed E-state index contributed by atoms with van der Waals surface area (Å²) in [5.74, 6) is 1.80. The summed E-state index contributed by atoms with van der Waals surface area (Å²) in [4.78, 5) is 21.5. The summed E-state index contributed by atoms with van der Waals surface area (Å²) in [6.07, 6.45) is 2.21. The minimum Gasteiger partial charge on any atom is -0.493 e. The van der Waals surface area contributed by atoms with E-state index >= 15 is 0 Å². The molecule has 33 heavy (non-hydrogen) atoms. The van der Waals surface area contributed by atoms with Gasteiger partial charge in [-0.3, -0.25) is 4.79 Å². The number of aromatic nitrogens is 3. The SMILES string of the molecule is COc1ccc(CCNC(=O)CO/N=C(/N)c2ccc(-n3nc(C)cc3C)nc2)cc1OC. The molecule has 0 radical (unpaired) electrons. The molecule has 0 bridgehead atoms. The van der Waals surface area contributed by atoms with E-state index in [4.69, 9.17) is 20.0 Å². The number of ether oxygens (including phenoxy) is 2. The highest BCUT2D eigenvalue weighted by atomic mass is 16.6. The van der Waals surface area contributed by atoms with Crippen molar-refractivity contribution in [3.63, 3.8) is 0 Å². The molecule has 0 fully saturated rings. The summed E-state index contributed by atoms with van der Waals surface area (Å²) >= 11 is 0. The third-order valence-corrected chi connectivity index (χ3v) is 4.81. The first kappa shape index (κ1) is 23.6. The summed E-state index contributed by atoms with van der Waals surface area (Å²) < 4.78 is 12.2. The molecule has 0 aliphatic rings. The van der Waals surface area contributed by atoms with Crippen molar-refractivity contribution >= 4 is 11.7 Å². The summed E-state index contributed by atoms with van der Waals surface area (Å²) in [7, 11) is 3.17. The third-order valence-electron chi connectivity index (χ3n) is 4.81. The van der Waals surface area contributed by atoms with Gasteiger partial charge in [-0.1, -0.05) is 11.2 Å². The van der Waals surface area contributed by atoms with Crippen molar-refractivity contribution in [1.82, 2.24) is 20.1 Å². The van der Waals surface area contributed by atoms with Crippen molar-refractivity contribution in [3.8, 4) is 17.3 Å². The van der Waals surface area contributed by atoms with Crippen LogP contribution in [0.1, 0.15) is 22.5 Å². The van der Waals surface area contributed by atoms with E-state index in [1.54, 1.807) is 37.2 Å². The van der Waals surface area contributed by atoms with E-state index < -0.39 is 0 Å². The molecule has 0 aliphatic heterocycles. The molecule has 2 heterocycles. The Bertz CT molecular complexity index is 1120. The second kappa shape index (κ2) is 11.0. The number of carbonyl (C=O) groups is 1. The molecule has 174 valence electrons. The fourth-order valence-corrected chi connectivity index (χ4v) is 3.17. The van der Waals surface area contributed by atoms with Gasteiger partial charge in [0.1, 0.15) is 0 Å². The maximum absolute atomic E-state index is 12.0. The van der Waals surface area contributed by atoms with Crippen LogP contribution in [0.3, 0.4) is 0 Å². The van der Waals surface area contributed by atoms with Gasteiger partial charge in [0.2, 0.25) is 0 Å². The van der Waals surface area contributed by atoms with Crippen LogP contribution in [0.5, 0.6) is 11.5 Å². The van der Waals surface area contributed by atoms with Crippen LogP contribution >= 0.6 is 0 Å². The van der Waals surface area contributed by atoms with Gasteiger partial charge in [0.15, 0.2) is 29.8 Å². The number of hydrogen-bond donors (Lipinski definition) is 2. The number of carbonyl (C=O) groups excluding carboxylic acids is 1. The summed E-state index contributed by atoms with van der Waals surface area (Å²) in [5.41, 5.74) is 9.42. The Kier molecular flexibility index (Phi) is 7.85. The summed E-state index contributed by atoms with van der Waals surface area (Å²) in [6.45, 7) is 4.07. The van der Waals surface area contributed by atoms with E-state index in [2.05, 4.69) is 20.6 Å². The van der Waals surface area contributed by atoms with Gasteiger partial charge in [0.05, 0.1) is 19.9 Å². The largest absolute Gasteiger partial charge is 0.493 e. The van der Waals surface area contributed by atoms with E-state index in [1.165, 1.54) is 0 Å². The molecule has 3 aromatic rings. The lowest BCUT2D eigenvalue weighted by molar-refractivity contribution is -0.125. The van der Waals surface area contributed by atoms with Gasteiger partial charge in [-0.05, 0) is 56.2 Å². The topological polar surface area (TPSA) is 126 Å². The van der Waals surface area contributed by atoms with Crippen LogP contribution < -0.4 is 20.5 Å². The van der Waals surface area contributed by atoms with E-state index in [1.807, 2.05) is 38.1 Å². The van der Waals surface area contributed by atoms with Crippen LogP contribution in [0.2, 0.25) is 0 Å². The average molecular weight is 453 g/mol. The zero-order chi connectivity index (χ0) is 23.8. The zero-order valence-corrected chi connectivity index (χ0v) is 19.2. The maximum Gasteiger partial charge on any atom is 0.260 e. The van der Waals surface area contributed by atoms with Gasteiger partial charge in [0, 0.05) is 24.0 Å². The summed E-state index contributed by atoms with van der Waals surface area (Å²) in [5, 5.41) is 11.0. The Balaban J connectivity index is 1.45. The fraction of sp³-hybridized carbons (Fsp3) is 0.304. The fourth-order valence-electron chi connectivity index (χ4n) is 3.17. The molecule has 10 heteroatoms. The Morgan fingerprint density at radius 2 is 1.91 bits per heavy atom. The van der Waals surface area contributed by atoms with Crippen LogP contribution in [-0.2, 0) is 16.1 Å². The molecule has 1 amide bonds. The minimum atomic E-state index is -0.301. The first-order valence-corrected chi connectivity index (χ1v) is 10.3. The summed E-state index contributed by atoms with van der Waals surface area (Å²) in [6, 6.07) is 11.2. The molecule has 0 atom stereocenters. The number of rotatable bonds is 10. The van der Waals surface area contributed by atoms with Crippen LogP contribution in [0.4, 0.5) is 0 Å². The third kappa shape index (κ3) is 6.22. The maximum atomic E-state index is 12.0. The smallest absolute Gasteiger partial charge is 0.260 e. The lowest BCUT2D eigenvalue weighted by Crippen LogP contribution is -2.29. The van der Waals surface area contributed by atoms with E-state index in [-0.39, 0.29) is 18.3 Å². The predicted octanol–water partition coefficient (Wildman–Crippen LogP) is 1.90. The molecule has 0 aliphatic carbocycles. The number of hydrogen-bond acceptors (Lipinski definition) is 7. The molecule has 2 aromatic heterocycles. The number of benzene rings is 1. The van der Waals surface area contributed by atoms with Gasteiger partial charge in [-0.15, -0.1) is 0 Å². The number of methoxy groups -OCH3 is 2. The molecule has 3 N–H and O–H groups in total. The van der Waals surface area contributed by atoms with Gasteiger partial charge in [-0.2, -0.15) is 5.10 Å². The number of pyridine rings is 1. The number of amidine groups is 1. The molecule has 3 rings (SSSR count). The van der Waals surface area contributed by atoms with Crippen molar-refractivity contribution in [1.29, 1.82) is 0 Å². The lowest BCUT2D eigenvalue weighted by Gasteiger charge is -2.10. The Labute approximate surface area is 192 Å². The second-order valence-electron chi connectivity index (χ2n) is 7.28. The minimum absolute atomic E-state index is 0.126. The molecule has 0 spiro atoms. The molecule has 0 unspecified atom stereocenters. The van der Waals surface area contributed by atoms with Gasteiger partial charge < -0.3 is 25.4 Å². The van der Waals surface area contributed by atoms with Crippen molar-refractivity contribution in [3.05, 3.63) is 65.1 Å². The highest BCUT2D eigenvalue weighted by molar-refractivity contribution is 5.96. The van der Waals surface area contributed by atoms with E-state index in [0.717, 1.165) is 17.0 Å². The van der Waals surface area contributed by atoms with Crippen LogP contribution in [0.15, 0.2) is 47.8 Å². The second-order valence-corrected chi connectivity index (χ2v) is 7.28. The van der Waals surface area contributed by atoms with Gasteiger partial charge in [0.25, 0.3) is 5.91 Å². The Morgan fingerprint density at radius 3 is 2.55 bits per heavy atom. The normalized spacial score (nSPS) is 11.2. The number of nitrogens with zero attached hydrogens (tertiary/aromatic N) is 4. The number of aryl methyl sites for hydroxylation is 2. The van der Waals surface area contributed by atoms with Crippen molar-refractivity contribution in [2.75, 3.05) is 27.4 Å². The molecular weight excluding hydrogens is 424 g/mol. The van der Waals surface area contributed by atoms with Crippen molar-refractivity contribution in [2.24, 2.45) is 10.9 Å². The predicted molar refractivity (Wildman–Crippen MR) is 124 cm³/mol. The number of nitrogens with two attached hydrogens (primary N) is 1. The lowest BCUT2D eigenvalue weighted by atomic mass is 10.1. The van der Waals surface area contributed by atoms with Crippen molar-refractivity contribution < 1.29 is 19.1 Å². The van der Waals surface area contributed by atoms with Gasteiger partial charge >= 0.3 is 0 Å². The van der Waals surface area contributed by atoms with Crippen LogP contribution in [0.25, 0.3) is 5.82 Å². The number of amides is 1. The van der Waals surface area contributed by atoms with E-state index in [0.29, 0.717) is 35.8 Å². The van der Waals surface area contributed by atoms with Gasteiger partial charge in [-0.25, -0.2) is 9.67 Å². The molecule has 0 saturated carbocycles. The standard InChI is InChI=1S/C23H28N6O4/c1-15-11-16(2)29(27-15)21-8-6-18(13-26-21)23(24)28-33-14-22(30)25-10-9-17-5-7-19(31-3)20(12-17)32-4/h5-8,11-13H,9-10,14H2,1-4H3,(H2,24,28)(H,25,30). The van der Waals surface area contributed by atoms with E-state index in [9.17, 15) is 4.79 Å². The quantitative estimate of drug-likeness (QED) is 0.273. The zero-order valence-electron chi connectivity index (χ0n) is 19.2. The Morgan fingerprint density at radius 1 is 1.12 bits per heavy atom. The monoisotopic (exact) mass is 452 g/mol. The first-order chi connectivity index (χ1) is 15.9. The molecular formula is C23H28N6O4. The highest BCUT2D eigenvalue weighted by Gasteiger charge is 2.08. The Hall–Kier alpha value is -4.08. The van der Waals surface area contributed by atoms with Crippen LogP contribution in [-0.4, -0.2) is 53.9 Å². The molecule has 0 saturated heterocycles. The van der Waals surface area contributed by atoms with Crippen LogP contribution in [0, 0.1) is 13.8 Å².